The SMILES string of the molecule is C1=C2CN(Cc3ccc(Oc4nc5ccccc5s4)cc3)CC2CN1.Cl.Cl. The molecule has 0 aliphatic carbocycles. The number of likely N-dealkylation sites (tertiary alicyclic amines) is 1. The van der Waals surface area contributed by atoms with Gasteiger partial charge in [0, 0.05) is 32.1 Å². The van der Waals surface area contributed by atoms with Crippen LogP contribution < -0.4 is 10.1 Å². The molecule has 4 nitrogen and oxygen atoms in total. The maximum absolute atomic E-state index is 5.93. The van der Waals surface area contributed by atoms with Gasteiger partial charge in [-0.05, 0) is 41.6 Å². The van der Waals surface area contributed by atoms with Gasteiger partial charge in [0.05, 0.1) is 10.2 Å². The first-order chi connectivity index (χ1) is 12.3. The number of thiazole rings is 1. The van der Waals surface area contributed by atoms with Gasteiger partial charge in [0.1, 0.15) is 5.75 Å². The van der Waals surface area contributed by atoms with Crippen LogP contribution >= 0.6 is 36.2 Å². The van der Waals surface area contributed by atoms with E-state index in [9.17, 15) is 0 Å². The van der Waals surface area contributed by atoms with E-state index in [2.05, 4.69) is 39.6 Å². The average molecular weight is 422 g/mol. The summed E-state index contributed by atoms with van der Waals surface area (Å²) in [6, 6.07) is 16.5. The quantitative estimate of drug-likeness (QED) is 0.652. The maximum Gasteiger partial charge on any atom is 0.279 e. The predicted molar refractivity (Wildman–Crippen MR) is 115 cm³/mol. The van der Waals surface area contributed by atoms with E-state index >= 15 is 0 Å². The van der Waals surface area contributed by atoms with Crippen LogP contribution in [0.4, 0.5) is 0 Å². The largest absolute Gasteiger partial charge is 0.431 e. The number of benzene rings is 2. The minimum absolute atomic E-state index is 0. The van der Waals surface area contributed by atoms with Crippen molar-refractivity contribution < 1.29 is 4.74 Å². The van der Waals surface area contributed by atoms with Crippen LogP contribution in [-0.2, 0) is 6.54 Å². The Hall–Kier alpha value is -1.79. The zero-order valence-corrected chi connectivity index (χ0v) is 17.1. The Morgan fingerprint density at radius 2 is 1.93 bits per heavy atom. The molecule has 2 aliphatic heterocycles. The van der Waals surface area contributed by atoms with Gasteiger partial charge in [-0.25, -0.2) is 4.98 Å². The number of hydrogen-bond acceptors (Lipinski definition) is 5. The molecule has 1 saturated heterocycles. The summed E-state index contributed by atoms with van der Waals surface area (Å²) in [6.07, 6.45) is 2.19. The molecule has 0 radical (unpaired) electrons. The number of aromatic nitrogens is 1. The lowest BCUT2D eigenvalue weighted by atomic mass is 10.1. The van der Waals surface area contributed by atoms with Gasteiger partial charge in [0.2, 0.25) is 0 Å². The van der Waals surface area contributed by atoms with Gasteiger partial charge in [-0.2, -0.15) is 0 Å². The molecular formula is C20H21Cl2N3OS. The summed E-state index contributed by atoms with van der Waals surface area (Å²) < 4.78 is 7.08. The van der Waals surface area contributed by atoms with Crippen LogP contribution in [0.1, 0.15) is 5.56 Å². The van der Waals surface area contributed by atoms with Gasteiger partial charge in [-0.15, -0.1) is 24.8 Å². The molecular weight excluding hydrogens is 401 g/mol. The summed E-state index contributed by atoms with van der Waals surface area (Å²) in [4.78, 5) is 7.04. The number of nitrogens with zero attached hydrogens (tertiary/aromatic N) is 2. The lowest BCUT2D eigenvalue weighted by molar-refractivity contribution is 0.316. The smallest absolute Gasteiger partial charge is 0.279 e. The predicted octanol–water partition coefficient (Wildman–Crippen LogP) is 4.85. The molecule has 1 N–H and O–H groups in total. The van der Waals surface area contributed by atoms with E-state index < -0.39 is 0 Å². The minimum Gasteiger partial charge on any atom is -0.431 e. The second-order valence-electron chi connectivity index (χ2n) is 6.69. The number of halogens is 2. The van der Waals surface area contributed by atoms with Crippen LogP contribution in [0.15, 0.2) is 60.3 Å². The third-order valence-electron chi connectivity index (χ3n) is 4.87. The maximum atomic E-state index is 5.93. The molecule has 2 aliphatic rings. The molecule has 3 heterocycles. The number of para-hydroxylation sites is 1. The molecule has 1 fully saturated rings. The van der Waals surface area contributed by atoms with Crippen LogP contribution in [0.5, 0.6) is 10.9 Å². The average Bonchev–Trinajstić information content (AvgIpc) is 3.30. The Morgan fingerprint density at radius 3 is 2.70 bits per heavy atom. The van der Waals surface area contributed by atoms with Crippen molar-refractivity contribution in [2.45, 2.75) is 6.54 Å². The highest BCUT2D eigenvalue weighted by Crippen LogP contribution is 2.31. The third-order valence-corrected chi connectivity index (χ3v) is 5.78. The first kappa shape index (κ1) is 20.0. The van der Waals surface area contributed by atoms with Crippen molar-refractivity contribution >= 4 is 46.4 Å². The monoisotopic (exact) mass is 421 g/mol. The Morgan fingerprint density at radius 1 is 1.11 bits per heavy atom. The Bertz CT molecular complexity index is 909. The highest BCUT2D eigenvalue weighted by atomic mass is 35.5. The summed E-state index contributed by atoms with van der Waals surface area (Å²) in [7, 11) is 0. The molecule has 5 rings (SSSR count). The summed E-state index contributed by atoms with van der Waals surface area (Å²) >= 11 is 1.58. The van der Waals surface area contributed by atoms with E-state index in [1.54, 1.807) is 16.9 Å². The molecule has 2 aromatic carbocycles. The van der Waals surface area contributed by atoms with E-state index in [0.717, 1.165) is 42.1 Å². The van der Waals surface area contributed by atoms with Crippen molar-refractivity contribution in [1.29, 1.82) is 0 Å². The minimum atomic E-state index is 0. The van der Waals surface area contributed by atoms with Crippen molar-refractivity contribution in [3.63, 3.8) is 0 Å². The van der Waals surface area contributed by atoms with Crippen molar-refractivity contribution in [2.75, 3.05) is 19.6 Å². The molecule has 1 aromatic heterocycles. The fourth-order valence-electron chi connectivity index (χ4n) is 3.61. The second kappa shape index (κ2) is 8.48. The highest BCUT2D eigenvalue weighted by Gasteiger charge is 2.29. The van der Waals surface area contributed by atoms with Gasteiger partial charge in [0.15, 0.2) is 0 Å². The molecule has 0 amide bonds. The number of rotatable bonds is 4. The van der Waals surface area contributed by atoms with Crippen LogP contribution in [0.3, 0.4) is 0 Å². The number of nitrogens with one attached hydrogen (secondary N) is 1. The summed E-state index contributed by atoms with van der Waals surface area (Å²) in [5, 5.41) is 4.03. The standard InChI is InChI=1S/C20H19N3OS.2ClH/c1-2-4-19-18(3-1)22-20(25-19)24-17-7-5-14(6-8-17)11-23-12-15-9-21-10-16(15)13-23;;/h1-9,16,21H,10-13H2;2*1H. The van der Waals surface area contributed by atoms with Crippen LogP contribution in [0.25, 0.3) is 10.2 Å². The normalized spacial score (nSPS) is 18.2. The van der Waals surface area contributed by atoms with Gasteiger partial charge in [-0.3, -0.25) is 4.90 Å². The molecule has 3 aromatic rings. The number of hydrogen-bond donors (Lipinski definition) is 1. The van der Waals surface area contributed by atoms with E-state index in [-0.39, 0.29) is 24.8 Å². The molecule has 0 saturated carbocycles. The van der Waals surface area contributed by atoms with Crippen molar-refractivity contribution in [1.82, 2.24) is 15.2 Å². The summed E-state index contributed by atoms with van der Waals surface area (Å²) in [5.41, 5.74) is 3.86. The van der Waals surface area contributed by atoms with Crippen molar-refractivity contribution in [2.24, 2.45) is 5.92 Å². The van der Waals surface area contributed by atoms with Crippen LogP contribution in [0, 0.1) is 5.92 Å². The van der Waals surface area contributed by atoms with Gasteiger partial charge in [0.25, 0.3) is 5.19 Å². The summed E-state index contributed by atoms with van der Waals surface area (Å²) in [5.74, 6) is 1.55. The Balaban J connectivity index is 0.00000105. The lowest BCUT2D eigenvalue weighted by Gasteiger charge is -2.16. The topological polar surface area (TPSA) is 37.4 Å². The van der Waals surface area contributed by atoms with Crippen molar-refractivity contribution in [3.05, 3.63) is 65.9 Å². The second-order valence-corrected chi connectivity index (χ2v) is 7.68. The van der Waals surface area contributed by atoms with E-state index in [1.807, 2.05) is 30.3 Å². The number of ether oxygens (including phenoxy) is 1. The Labute approximate surface area is 175 Å². The zero-order valence-electron chi connectivity index (χ0n) is 14.6. The third kappa shape index (κ3) is 4.22. The fraction of sp³-hybridized carbons (Fsp3) is 0.250. The fourth-order valence-corrected chi connectivity index (χ4v) is 4.44. The first-order valence-corrected chi connectivity index (χ1v) is 9.42. The van der Waals surface area contributed by atoms with E-state index in [0.29, 0.717) is 11.1 Å². The van der Waals surface area contributed by atoms with Crippen LogP contribution in [0.2, 0.25) is 0 Å². The lowest BCUT2D eigenvalue weighted by Crippen LogP contribution is -2.23. The highest BCUT2D eigenvalue weighted by molar-refractivity contribution is 7.20. The molecule has 0 bridgehead atoms. The number of fused-ring (bicyclic) bond motifs is 2. The summed E-state index contributed by atoms with van der Waals surface area (Å²) in [6.45, 7) is 4.33. The van der Waals surface area contributed by atoms with Gasteiger partial charge >= 0.3 is 0 Å². The molecule has 142 valence electrons. The van der Waals surface area contributed by atoms with E-state index in [1.165, 1.54) is 5.56 Å². The molecule has 7 heteroatoms. The molecule has 1 atom stereocenters. The van der Waals surface area contributed by atoms with Gasteiger partial charge < -0.3 is 10.1 Å². The van der Waals surface area contributed by atoms with Gasteiger partial charge in [-0.1, -0.05) is 35.6 Å². The zero-order chi connectivity index (χ0) is 16.6. The molecule has 27 heavy (non-hydrogen) atoms. The van der Waals surface area contributed by atoms with E-state index in [4.69, 9.17) is 4.74 Å². The first-order valence-electron chi connectivity index (χ1n) is 8.60. The Kier molecular flexibility index (Phi) is 6.27. The van der Waals surface area contributed by atoms with Crippen molar-refractivity contribution in [3.8, 4) is 10.9 Å². The van der Waals surface area contributed by atoms with Crippen LogP contribution in [-0.4, -0.2) is 29.5 Å². The molecule has 0 spiro atoms. The molecule has 1 unspecified atom stereocenters.